The first-order valence-electron chi connectivity index (χ1n) is 8.21. The molecule has 1 N–H and O–H groups in total. The third-order valence-corrected chi connectivity index (χ3v) is 4.50. The molecule has 0 aromatic carbocycles. The smallest absolute Gasteiger partial charge is 0.435 e. The fourth-order valence-corrected chi connectivity index (χ4v) is 3.08. The molecule has 1 aromatic rings. The van der Waals surface area contributed by atoms with Gasteiger partial charge in [-0.15, -0.1) is 0 Å². The lowest BCUT2D eigenvalue weighted by Gasteiger charge is -2.33. The van der Waals surface area contributed by atoms with E-state index in [0.29, 0.717) is 38.2 Å². The van der Waals surface area contributed by atoms with Crippen molar-refractivity contribution in [3.8, 4) is 0 Å². The van der Waals surface area contributed by atoms with Crippen LogP contribution in [0.5, 0.6) is 0 Å². The molecule has 1 unspecified atom stereocenters. The molecule has 0 bridgehead atoms. The number of piperidine rings is 1. The molecular formula is C16H24F3N3O2. The lowest BCUT2D eigenvalue weighted by molar-refractivity contribution is -0.142. The Labute approximate surface area is 139 Å². The quantitative estimate of drug-likeness (QED) is 0.887. The first-order valence-corrected chi connectivity index (χ1v) is 8.21. The summed E-state index contributed by atoms with van der Waals surface area (Å²) in [6.07, 6.45) is -3.09. The van der Waals surface area contributed by atoms with Crippen molar-refractivity contribution < 1.29 is 23.1 Å². The topological polar surface area (TPSA) is 58.4 Å². The maximum Gasteiger partial charge on any atom is 0.435 e. The van der Waals surface area contributed by atoms with Gasteiger partial charge in [-0.05, 0) is 24.8 Å². The van der Waals surface area contributed by atoms with Crippen molar-refractivity contribution in [3.05, 3.63) is 17.5 Å². The molecule has 0 amide bonds. The van der Waals surface area contributed by atoms with Gasteiger partial charge < -0.3 is 10.0 Å². The molecule has 0 radical (unpaired) electrons. The Balaban J connectivity index is 2.08. The monoisotopic (exact) mass is 347 g/mol. The van der Waals surface area contributed by atoms with Gasteiger partial charge in [-0.2, -0.15) is 18.3 Å². The zero-order chi connectivity index (χ0) is 18.1. The summed E-state index contributed by atoms with van der Waals surface area (Å²) in [4.78, 5) is 13.0. The summed E-state index contributed by atoms with van der Waals surface area (Å²) in [5, 5.41) is 12.8. The van der Waals surface area contributed by atoms with Crippen LogP contribution in [0.3, 0.4) is 0 Å². The Morgan fingerprint density at radius 2 is 1.92 bits per heavy atom. The lowest BCUT2D eigenvalue weighted by Crippen LogP contribution is -2.39. The Kier molecular flexibility index (Phi) is 5.57. The third kappa shape index (κ3) is 4.28. The molecule has 5 nitrogen and oxygen atoms in total. The second-order valence-corrected chi connectivity index (χ2v) is 6.82. The summed E-state index contributed by atoms with van der Waals surface area (Å²) >= 11 is 0. The number of hydrogen-bond donors (Lipinski definition) is 1. The number of nitrogens with zero attached hydrogens (tertiary/aromatic N) is 3. The number of halogens is 3. The number of carbonyl (C=O) groups is 1. The Morgan fingerprint density at radius 1 is 1.33 bits per heavy atom. The molecule has 136 valence electrons. The maximum absolute atomic E-state index is 13.0. The Bertz CT molecular complexity index is 576. The van der Waals surface area contributed by atoms with E-state index in [0.717, 1.165) is 6.07 Å². The zero-order valence-electron chi connectivity index (χ0n) is 14.2. The van der Waals surface area contributed by atoms with Crippen molar-refractivity contribution in [2.24, 2.45) is 5.92 Å². The molecule has 1 atom stereocenters. The van der Waals surface area contributed by atoms with Crippen LogP contribution in [0.15, 0.2) is 6.07 Å². The van der Waals surface area contributed by atoms with E-state index >= 15 is 0 Å². The number of hydrogen-bond acceptors (Lipinski definition) is 3. The van der Waals surface area contributed by atoms with Crippen LogP contribution in [0.2, 0.25) is 0 Å². The third-order valence-electron chi connectivity index (χ3n) is 4.50. The molecule has 1 aliphatic heterocycles. The highest BCUT2D eigenvalue weighted by atomic mass is 19.4. The van der Waals surface area contributed by atoms with Crippen molar-refractivity contribution in [2.75, 3.05) is 19.6 Å². The van der Waals surface area contributed by atoms with Gasteiger partial charge in [0.25, 0.3) is 0 Å². The van der Waals surface area contributed by atoms with Gasteiger partial charge >= 0.3 is 12.1 Å². The van der Waals surface area contributed by atoms with Crippen molar-refractivity contribution in [1.82, 2.24) is 14.7 Å². The van der Waals surface area contributed by atoms with Crippen LogP contribution in [-0.2, 0) is 11.0 Å². The summed E-state index contributed by atoms with van der Waals surface area (Å²) in [5.41, 5.74) is -0.243. The van der Waals surface area contributed by atoms with Gasteiger partial charge in [0.2, 0.25) is 0 Å². The second kappa shape index (κ2) is 7.13. The van der Waals surface area contributed by atoms with Crippen LogP contribution in [0, 0.1) is 5.92 Å². The van der Waals surface area contributed by atoms with Crippen LogP contribution < -0.4 is 0 Å². The molecule has 1 saturated heterocycles. The molecule has 0 spiro atoms. The minimum Gasteiger partial charge on any atom is -0.481 e. The molecule has 8 heteroatoms. The largest absolute Gasteiger partial charge is 0.481 e. The van der Waals surface area contributed by atoms with Gasteiger partial charge in [0.1, 0.15) is 0 Å². The fourth-order valence-electron chi connectivity index (χ4n) is 3.08. The molecular weight excluding hydrogens is 323 g/mol. The van der Waals surface area contributed by atoms with E-state index in [4.69, 9.17) is 5.11 Å². The summed E-state index contributed by atoms with van der Waals surface area (Å²) in [5.74, 6) is -1.32. The molecule has 1 aromatic heterocycles. The number of aliphatic carboxylic acids is 1. The average molecular weight is 347 g/mol. The second-order valence-electron chi connectivity index (χ2n) is 6.82. The normalized spacial score (nSPS) is 19.0. The minimum absolute atomic E-state index is 0.0429. The Morgan fingerprint density at radius 3 is 2.38 bits per heavy atom. The molecule has 2 heterocycles. The maximum atomic E-state index is 13.0. The van der Waals surface area contributed by atoms with Gasteiger partial charge in [0.05, 0.1) is 12.0 Å². The van der Waals surface area contributed by atoms with Crippen LogP contribution >= 0.6 is 0 Å². The summed E-state index contributed by atoms with van der Waals surface area (Å²) in [7, 11) is 0. The number of alkyl halides is 3. The fraction of sp³-hybridized carbons (Fsp3) is 0.750. The molecule has 0 aliphatic carbocycles. The van der Waals surface area contributed by atoms with Gasteiger partial charge in [-0.1, -0.05) is 20.8 Å². The van der Waals surface area contributed by atoms with E-state index in [1.807, 2.05) is 13.8 Å². The Hall–Kier alpha value is -1.57. The number of likely N-dealkylation sites (tertiary alicyclic amines) is 1. The predicted octanol–water partition coefficient (Wildman–Crippen LogP) is 3.38. The molecule has 1 aliphatic rings. The van der Waals surface area contributed by atoms with Gasteiger partial charge in [-0.25, -0.2) is 0 Å². The van der Waals surface area contributed by atoms with E-state index in [1.54, 1.807) is 6.92 Å². The van der Waals surface area contributed by atoms with Gasteiger partial charge in [0, 0.05) is 25.3 Å². The molecule has 2 rings (SSSR count). The van der Waals surface area contributed by atoms with E-state index in [2.05, 4.69) is 10.00 Å². The molecule has 24 heavy (non-hydrogen) atoms. The highest BCUT2D eigenvalue weighted by molar-refractivity contribution is 5.69. The van der Waals surface area contributed by atoms with E-state index in [-0.39, 0.29) is 12.0 Å². The molecule has 1 fully saturated rings. The summed E-state index contributed by atoms with van der Waals surface area (Å²) in [6.45, 7) is 7.18. The summed E-state index contributed by atoms with van der Waals surface area (Å²) < 4.78 is 40.4. The van der Waals surface area contributed by atoms with Crippen molar-refractivity contribution >= 4 is 5.97 Å². The van der Waals surface area contributed by atoms with E-state index in [9.17, 15) is 18.0 Å². The predicted molar refractivity (Wildman–Crippen MR) is 82.8 cm³/mol. The van der Waals surface area contributed by atoms with Crippen LogP contribution in [0.4, 0.5) is 13.2 Å². The number of carboxylic acid groups (broad SMARTS) is 1. The highest BCUT2D eigenvalue weighted by Crippen LogP contribution is 2.33. The zero-order valence-corrected chi connectivity index (χ0v) is 14.2. The minimum atomic E-state index is -4.44. The first kappa shape index (κ1) is 18.8. The van der Waals surface area contributed by atoms with Gasteiger partial charge in [-0.3, -0.25) is 9.48 Å². The first-order chi connectivity index (χ1) is 11.1. The van der Waals surface area contributed by atoms with Gasteiger partial charge in [0.15, 0.2) is 5.69 Å². The number of carboxylic acids is 1. The number of aromatic nitrogens is 2. The van der Waals surface area contributed by atoms with Crippen molar-refractivity contribution in [3.63, 3.8) is 0 Å². The van der Waals surface area contributed by atoms with Crippen LogP contribution in [-0.4, -0.2) is 45.4 Å². The average Bonchev–Trinajstić information content (AvgIpc) is 2.93. The van der Waals surface area contributed by atoms with E-state index < -0.39 is 23.8 Å². The SMILES string of the molecule is CC(CN1CCC(n2nc(C(F)(F)F)cc2C(C)C)CC1)C(=O)O. The highest BCUT2D eigenvalue weighted by Gasteiger charge is 2.36. The number of rotatable bonds is 5. The van der Waals surface area contributed by atoms with Crippen molar-refractivity contribution in [2.45, 2.75) is 51.7 Å². The van der Waals surface area contributed by atoms with Crippen molar-refractivity contribution in [1.29, 1.82) is 0 Å². The standard InChI is InChI=1S/C16H24F3N3O2/c1-10(2)13-8-14(16(17,18)19)20-22(13)12-4-6-21(7-5-12)9-11(3)15(23)24/h8,10-12H,4-7,9H2,1-3H3,(H,23,24). The van der Waals surface area contributed by atoms with Crippen LogP contribution in [0.25, 0.3) is 0 Å². The molecule has 0 saturated carbocycles. The van der Waals surface area contributed by atoms with E-state index in [1.165, 1.54) is 4.68 Å². The summed E-state index contributed by atoms with van der Waals surface area (Å²) in [6, 6.07) is 1.07. The lowest BCUT2D eigenvalue weighted by atomic mass is 10.0. The van der Waals surface area contributed by atoms with Crippen LogP contribution in [0.1, 0.15) is 57.0 Å².